The minimum absolute atomic E-state index is 0.00864. The number of benzene rings is 1. The second kappa shape index (κ2) is 8.54. The summed E-state index contributed by atoms with van der Waals surface area (Å²) in [5.74, 6) is 0.0174. The molecule has 2 rings (SSSR count). The van der Waals surface area contributed by atoms with Gasteiger partial charge >= 0.3 is 0 Å². The average Bonchev–Trinajstić information content (AvgIpc) is 3.06. The van der Waals surface area contributed by atoms with E-state index in [1.807, 2.05) is 30.3 Å². The Balaban J connectivity index is 1.62. The van der Waals surface area contributed by atoms with E-state index in [2.05, 4.69) is 5.32 Å². The van der Waals surface area contributed by atoms with Crippen molar-refractivity contribution in [2.45, 2.75) is 38.2 Å². The van der Waals surface area contributed by atoms with Crippen molar-refractivity contribution < 1.29 is 14.3 Å². The maximum Gasteiger partial charge on any atom is 0.226 e. The van der Waals surface area contributed by atoms with E-state index in [1.165, 1.54) is 0 Å². The van der Waals surface area contributed by atoms with Gasteiger partial charge in [-0.15, -0.1) is 0 Å². The largest absolute Gasteiger partial charge is 0.376 e. The molecule has 1 atom stereocenters. The fraction of sp³-hybridized carbons (Fsp3) is 0.529. The Morgan fingerprint density at radius 3 is 2.73 bits per heavy atom. The van der Waals surface area contributed by atoms with Gasteiger partial charge in [-0.05, 0) is 31.4 Å². The molecule has 2 amide bonds. The molecule has 5 heteroatoms. The molecule has 0 spiro atoms. The predicted molar refractivity (Wildman–Crippen MR) is 85.7 cm³/mol. The Morgan fingerprint density at radius 2 is 2.05 bits per heavy atom. The first-order valence-corrected chi connectivity index (χ1v) is 7.86. The molecule has 22 heavy (non-hydrogen) atoms. The van der Waals surface area contributed by atoms with E-state index in [4.69, 9.17) is 4.74 Å². The molecule has 1 fully saturated rings. The minimum Gasteiger partial charge on any atom is -0.376 e. The van der Waals surface area contributed by atoms with E-state index in [0.717, 1.165) is 25.1 Å². The normalized spacial score (nSPS) is 17.2. The van der Waals surface area contributed by atoms with E-state index in [1.54, 1.807) is 11.9 Å². The molecule has 120 valence electrons. The van der Waals surface area contributed by atoms with Crippen molar-refractivity contribution in [2.24, 2.45) is 0 Å². The fourth-order valence-corrected chi connectivity index (χ4v) is 2.48. The summed E-state index contributed by atoms with van der Waals surface area (Å²) in [4.78, 5) is 25.4. The summed E-state index contributed by atoms with van der Waals surface area (Å²) in [7, 11) is 1.76. The van der Waals surface area contributed by atoms with E-state index < -0.39 is 0 Å². The third kappa shape index (κ3) is 5.15. The highest BCUT2D eigenvalue weighted by atomic mass is 16.5. The van der Waals surface area contributed by atoms with Crippen LogP contribution in [0.3, 0.4) is 0 Å². The van der Waals surface area contributed by atoms with Crippen LogP contribution in [0.1, 0.15) is 32.1 Å². The first kappa shape index (κ1) is 16.5. The lowest BCUT2D eigenvalue weighted by atomic mass is 10.2. The SMILES string of the molecule is CN(C(=O)CCCC(=O)NCC1CCCO1)c1ccccc1. The lowest BCUT2D eigenvalue weighted by molar-refractivity contribution is -0.122. The highest BCUT2D eigenvalue weighted by Crippen LogP contribution is 2.13. The molecule has 0 radical (unpaired) electrons. The lowest BCUT2D eigenvalue weighted by Gasteiger charge is -2.17. The van der Waals surface area contributed by atoms with Gasteiger partial charge < -0.3 is 15.0 Å². The summed E-state index contributed by atoms with van der Waals surface area (Å²) in [6.07, 6.45) is 3.56. The third-order valence-electron chi connectivity index (χ3n) is 3.86. The quantitative estimate of drug-likeness (QED) is 0.839. The number of anilines is 1. The maximum atomic E-state index is 12.1. The summed E-state index contributed by atoms with van der Waals surface area (Å²) >= 11 is 0. The Labute approximate surface area is 131 Å². The molecular formula is C17H24N2O3. The molecule has 0 saturated carbocycles. The monoisotopic (exact) mass is 304 g/mol. The van der Waals surface area contributed by atoms with Crippen molar-refractivity contribution in [1.82, 2.24) is 5.32 Å². The average molecular weight is 304 g/mol. The van der Waals surface area contributed by atoms with Gasteiger partial charge in [-0.1, -0.05) is 18.2 Å². The highest BCUT2D eigenvalue weighted by molar-refractivity contribution is 5.92. The molecule has 1 aromatic carbocycles. The van der Waals surface area contributed by atoms with Crippen LogP contribution in [-0.2, 0) is 14.3 Å². The fourth-order valence-electron chi connectivity index (χ4n) is 2.48. The topological polar surface area (TPSA) is 58.6 Å². The Morgan fingerprint density at radius 1 is 1.27 bits per heavy atom. The molecule has 1 heterocycles. The molecule has 1 aliphatic rings. The van der Waals surface area contributed by atoms with Gasteiger partial charge in [-0.25, -0.2) is 0 Å². The van der Waals surface area contributed by atoms with Crippen LogP contribution in [0.25, 0.3) is 0 Å². The number of carbonyl (C=O) groups excluding carboxylic acids is 2. The van der Waals surface area contributed by atoms with Gasteiger partial charge in [0.2, 0.25) is 11.8 Å². The van der Waals surface area contributed by atoms with Crippen molar-refractivity contribution in [1.29, 1.82) is 0 Å². The number of para-hydroxylation sites is 1. The molecule has 1 saturated heterocycles. The number of nitrogens with zero attached hydrogens (tertiary/aromatic N) is 1. The van der Waals surface area contributed by atoms with Gasteiger partial charge in [0.1, 0.15) is 0 Å². The number of ether oxygens (including phenoxy) is 1. The van der Waals surface area contributed by atoms with Crippen molar-refractivity contribution in [3.8, 4) is 0 Å². The van der Waals surface area contributed by atoms with Crippen LogP contribution in [0.2, 0.25) is 0 Å². The molecule has 1 aliphatic heterocycles. The maximum absolute atomic E-state index is 12.1. The molecule has 1 N–H and O–H groups in total. The van der Waals surface area contributed by atoms with Gasteiger partial charge in [0.15, 0.2) is 0 Å². The smallest absolute Gasteiger partial charge is 0.226 e. The van der Waals surface area contributed by atoms with Gasteiger partial charge in [-0.3, -0.25) is 9.59 Å². The summed E-state index contributed by atoms with van der Waals surface area (Å²) in [6, 6.07) is 9.51. The van der Waals surface area contributed by atoms with Crippen LogP contribution in [0, 0.1) is 0 Å². The van der Waals surface area contributed by atoms with Gasteiger partial charge in [0.05, 0.1) is 6.10 Å². The number of carbonyl (C=O) groups is 2. The number of rotatable bonds is 7. The second-order valence-electron chi connectivity index (χ2n) is 5.58. The summed E-state index contributed by atoms with van der Waals surface area (Å²) in [5, 5.41) is 2.87. The number of nitrogens with one attached hydrogen (secondary N) is 1. The number of hydrogen-bond acceptors (Lipinski definition) is 3. The van der Waals surface area contributed by atoms with Crippen molar-refractivity contribution in [2.75, 3.05) is 25.1 Å². The van der Waals surface area contributed by atoms with Crippen molar-refractivity contribution in [3.63, 3.8) is 0 Å². The lowest BCUT2D eigenvalue weighted by Crippen LogP contribution is -2.32. The van der Waals surface area contributed by atoms with Crippen LogP contribution in [-0.4, -0.2) is 38.1 Å². The van der Waals surface area contributed by atoms with Gasteiger partial charge in [-0.2, -0.15) is 0 Å². The van der Waals surface area contributed by atoms with E-state index in [0.29, 0.717) is 25.8 Å². The molecule has 0 bridgehead atoms. The summed E-state index contributed by atoms with van der Waals surface area (Å²) < 4.78 is 5.45. The van der Waals surface area contributed by atoms with E-state index in [9.17, 15) is 9.59 Å². The van der Waals surface area contributed by atoms with Crippen molar-refractivity contribution >= 4 is 17.5 Å². The summed E-state index contributed by atoms with van der Waals surface area (Å²) in [5.41, 5.74) is 0.871. The minimum atomic E-state index is -0.00864. The molecule has 0 aliphatic carbocycles. The van der Waals surface area contributed by atoms with Crippen LogP contribution in [0.5, 0.6) is 0 Å². The standard InChI is InChI=1S/C17H24N2O3/c1-19(14-7-3-2-4-8-14)17(21)11-5-10-16(20)18-13-15-9-6-12-22-15/h2-4,7-8,15H,5-6,9-13H2,1H3,(H,18,20). The van der Waals surface area contributed by atoms with Crippen molar-refractivity contribution in [3.05, 3.63) is 30.3 Å². The molecule has 1 unspecified atom stereocenters. The zero-order valence-corrected chi connectivity index (χ0v) is 13.1. The Bertz CT molecular complexity index is 484. The van der Waals surface area contributed by atoms with Crippen LogP contribution >= 0.6 is 0 Å². The zero-order chi connectivity index (χ0) is 15.8. The molecule has 5 nitrogen and oxygen atoms in total. The Hall–Kier alpha value is -1.88. The van der Waals surface area contributed by atoms with Crippen LogP contribution < -0.4 is 10.2 Å². The number of hydrogen-bond donors (Lipinski definition) is 1. The van der Waals surface area contributed by atoms with Gasteiger partial charge in [0.25, 0.3) is 0 Å². The second-order valence-corrected chi connectivity index (χ2v) is 5.58. The molecule has 1 aromatic rings. The zero-order valence-electron chi connectivity index (χ0n) is 13.1. The van der Waals surface area contributed by atoms with Gasteiger partial charge in [0, 0.05) is 38.7 Å². The number of amides is 2. The third-order valence-corrected chi connectivity index (χ3v) is 3.86. The summed E-state index contributed by atoms with van der Waals surface area (Å²) in [6.45, 7) is 1.37. The van der Waals surface area contributed by atoms with Crippen LogP contribution in [0.4, 0.5) is 5.69 Å². The first-order chi connectivity index (χ1) is 10.7. The molecular weight excluding hydrogens is 280 g/mol. The molecule has 0 aromatic heterocycles. The predicted octanol–water partition coefficient (Wildman–Crippen LogP) is 2.11. The van der Waals surface area contributed by atoms with E-state index in [-0.39, 0.29) is 17.9 Å². The first-order valence-electron chi connectivity index (χ1n) is 7.86. The highest BCUT2D eigenvalue weighted by Gasteiger charge is 2.16. The van der Waals surface area contributed by atoms with E-state index >= 15 is 0 Å². The Kier molecular flexibility index (Phi) is 6.40. The van der Waals surface area contributed by atoms with Crippen LogP contribution in [0.15, 0.2) is 30.3 Å².